The van der Waals surface area contributed by atoms with Gasteiger partial charge in [0.15, 0.2) is 0 Å². The summed E-state index contributed by atoms with van der Waals surface area (Å²) in [6.45, 7) is 6.42. The number of sulfonamides is 1. The molecule has 0 aliphatic rings. The molecule has 0 radical (unpaired) electrons. The van der Waals surface area contributed by atoms with Gasteiger partial charge in [-0.05, 0) is 48.2 Å². The molecule has 0 aliphatic heterocycles. The summed E-state index contributed by atoms with van der Waals surface area (Å²) >= 11 is 0. The fraction of sp³-hybridized carbons (Fsp3) is 0.409. The standard InChI is InChI=1S/C22H30FN2O5PS/c1-5-15-11-16(24-21(27)19(13-26)14(2)3)9-10-20(15)32(28,29)25-17-7-6-8-18(12-17)30-22(4,23)31/h6-12,14,19,25-26H,5,13,31H2,1-4H3,(H,24,27)/t19-,22?/m0/s1. The number of benzene rings is 2. The quantitative estimate of drug-likeness (QED) is 0.440. The van der Waals surface area contributed by atoms with Gasteiger partial charge in [0.05, 0.1) is 23.1 Å². The SMILES string of the molecule is CCc1cc(NC(=O)[C@@H](CO)C(C)C)ccc1S(=O)(=O)Nc1cccc(OC(C)(F)P)c1. The summed E-state index contributed by atoms with van der Waals surface area (Å²) in [6, 6.07) is 10.5. The van der Waals surface area contributed by atoms with Gasteiger partial charge < -0.3 is 15.2 Å². The van der Waals surface area contributed by atoms with Crippen molar-refractivity contribution in [2.24, 2.45) is 11.8 Å². The molecule has 2 unspecified atom stereocenters. The molecule has 3 N–H and O–H groups in total. The zero-order valence-electron chi connectivity index (χ0n) is 18.6. The van der Waals surface area contributed by atoms with E-state index in [1.807, 2.05) is 23.1 Å². The van der Waals surface area contributed by atoms with Crippen molar-refractivity contribution in [2.45, 2.75) is 44.6 Å². The van der Waals surface area contributed by atoms with E-state index in [2.05, 4.69) is 10.0 Å². The van der Waals surface area contributed by atoms with Gasteiger partial charge in [-0.25, -0.2) is 8.42 Å². The van der Waals surface area contributed by atoms with Crippen molar-refractivity contribution >= 4 is 36.5 Å². The molecule has 2 aromatic rings. The van der Waals surface area contributed by atoms with Crippen LogP contribution in [0.4, 0.5) is 15.8 Å². The van der Waals surface area contributed by atoms with Gasteiger partial charge in [-0.2, -0.15) is 4.39 Å². The Morgan fingerprint density at radius 2 is 1.91 bits per heavy atom. The minimum Gasteiger partial charge on any atom is -0.455 e. The van der Waals surface area contributed by atoms with Crippen molar-refractivity contribution in [3.63, 3.8) is 0 Å². The number of amides is 1. The monoisotopic (exact) mass is 484 g/mol. The second kappa shape index (κ2) is 10.6. The number of carbonyl (C=O) groups excluding carboxylic acids is 1. The number of aryl methyl sites for hydroxylation is 1. The summed E-state index contributed by atoms with van der Waals surface area (Å²) in [4.78, 5) is 12.5. The first-order valence-electron chi connectivity index (χ1n) is 10.2. The van der Waals surface area contributed by atoms with E-state index in [-0.39, 0.29) is 34.8 Å². The number of anilines is 2. The predicted octanol–water partition coefficient (Wildman–Crippen LogP) is 4.15. The number of carbonyl (C=O) groups is 1. The molecule has 0 bridgehead atoms. The highest BCUT2D eigenvalue weighted by atomic mass is 32.2. The van der Waals surface area contributed by atoms with Crippen LogP contribution in [0, 0.1) is 11.8 Å². The number of aliphatic hydroxyl groups is 1. The Morgan fingerprint density at radius 3 is 2.47 bits per heavy atom. The molecule has 10 heteroatoms. The first-order chi connectivity index (χ1) is 14.9. The van der Waals surface area contributed by atoms with Crippen LogP contribution in [0.5, 0.6) is 5.75 Å². The van der Waals surface area contributed by atoms with E-state index in [1.165, 1.54) is 37.3 Å². The highest BCUT2D eigenvalue weighted by molar-refractivity contribution is 7.92. The lowest BCUT2D eigenvalue weighted by molar-refractivity contribution is -0.122. The van der Waals surface area contributed by atoms with Crippen LogP contribution in [0.25, 0.3) is 0 Å². The summed E-state index contributed by atoms with van der Waals surface area (Å²) in [5, 5.41) is 12.2. The number of hydrogen-bond donors (Lipinski definition) is 3. The van der Waals surface area contributed by atoms with Crippen LogP contribution in [-0.4, -0.2) is 31.6 Å². The Hall–Kier alpha value is -2.22. The highest BCUT2D eigenvalue weighted by Gasteiger charge is 2.23. The molecule has 0 heterocycles. The van der Waals surface area contributed by atoms with E-state index in [0.29, 0.717) is 17.7 Å². The Balaban J connectivity index is 2.27. The third kappa shape index (κ3) is 7.15. The molecule has 32 heavy (non-hydrogen) atoms. The number of aliphatic hydroxyl groups excluding tert-OH is 1. The zero-order valence-corrected chi connectivity index (χ0v) is 20.5. The lowest BCUT2D eigenvalue weighted by atomic mass is 9.96. The summed E-state index contributed by atoms with van der Waals surface area (Å²) in [7, 11) is -2.04. The molecule has 2 aromatic carbocycles. The molecule has 0 spiro atoms. The molecule has 0 saturated carbocycles. The molecule has 2 rings (SSSR count). The Labute approximate surface area is 191 Å². The van der Waals surface area contributed by atoms with Gasteiger partial charge in [-0.1, -0.05) is 36.1 Å². The molecule has 0 saturated heterocycles. The van der Waals surface area contributed by atoms with Crippen LogP contribution in [0.15, 0.2) is 47.4 Å². The number of hydrogen-bond acceptors (Lipinski definition) is 5. The largest absolute Gasteiger partial charge is 0.455 e. The van der Waals surface area contributed by atoms with Crippen molar-refractivity contribution in [3.8, 4) is 5.75 Å². The molecule has 7 nitrogen and oxygen atoms in total. The van der Waals surface area contributed by atoms with Gasteiger partial charge in [0, 0.05) is 18.7 Å². The fourth-order valence-corrected chi connectivity index (χ4v) is 4.57. The van der Waals surface area contributed by atoms with Gasteiger partial charge in [0.2, 0.25) is 5.91 Å². The Bertz CT molecular complexity index is 1050. The average molecular weight is 485 g/mol. The first-order valence-corrected chi connectivity index (χ1v) is 12.3. The molecule has 1 amide bonds. The van der Waals surface area contributed by atoms with E-state index in [1.54, 1.807) is 19.1 Å². The molecule has 0 aromatic heterocycles. The average Bonchev–Trinajstić information content (AvgIpc) is 2.66. The number of nitrogens with one attached hydrogen (secondary N) is 2. The van der Waals surface area contributed by atoms with Crippen LogP contribution in [-0.2, 0) is 21.2 Å². The topological polar surface area (TPSA) is 105 Å². The van der Waals surface area contributed by atoms with Crippen molar-refractivity contribution in [1.29, 1.82) is 0 Å². The van der Waals surface area contributed by atoms with E-state index >= 15 is 0 Å². The number of ether oxygens (including phenoxy) is 1. The van der Waals surface area contributed by atoms with Crippen LogP contribution in [0.2, 0.25) is 0 Å². The van der Waals surface area contributed by atoms with Crippen LogP contribution in [0.3, 0.4) is 0 Å². The summed E-state index contributed by atoms with van der Waals surface area (Å²) in [6.07, 6.45) is 0.407. The molecular formula is C22H30FN2O5PS. The summed E-state index contributed by atoms with van der Waals surface area (Å²) < 4.78 is 47.3. The second-order valence-electron chi connectivity index (χ2n) is 7.92. The second-order valence-corrected chi connectivity index (χ2v) is 10.6. The van der Waals surface area contributed by atoms with Crippen LogP contribution >= 0.6 is 9.24 Å². The lowest BCUT2D eigenvalue weighted by Gasteiger charge is -2.19. The van der Waals surface area contributed by atoms with Crippen molar-refractivity contribution in [2.75, 3.05) is 16.6 Å². The van der Waals surface area contributed by atoms with Crippen LogP contribution in [0.1, 0.15) is 33.3 Å². The Kier molecular flexibility index (Phi) is 8.62. The van der Waals surface area contributed by atoms with E-state index in [0.717, 1.165) is 0 Å². The third-order valence-corrected chi connectivity index (χ3v) is 6.34. The van der Waals surface area contributed by atoms with E-state index < -0.39 is 21.5 Å². The summed E-state index contributed by atoms with van der Waals surface area (Å²) in [5.41, 5.74) is -0.812. The first kappa shape index (κ1) is 26.0. The predicted molar refractivity (Wildman–Crippen MR) is 127 cm³/mol. The maximum atomic E-state index is 13.7. The summed E-state index contributed by atoms with van der Waals surface area (Å²) in [5.74, 6) is -0.769. The Morgan fingerprint density at radius 1 is 1.22 bits per heavy atom. The molecule has 0 aliphatic carbocycles. The smallest absolute Gasteiger partial charge is 0.262 e. The minimum absolute atomic E-state index is 0.0456. The maximum Gasteiger partial charge on any atom is 0.262 e. The van der Waals surface area contributed by atoms with E-state index in [4.69, 9.17) is 4.74 Å². The molecule has 3 atom stereocenters. The van der Waals surface area contributed by atoms with Gasteiger partial charge in [0.25, 0.3) is 15.6 Å². The maximum absolute atomic E-state index is 13.7. The molecule has 0 fully saturated rings. The van der Waals surface area contributed by atoms with Gasteiger partial charge in [-0.3, -0.25) is 9.52 Å². The number of alkyl halides is 1. The van der Waals surface area contributed by atoms with Gasteiger partial charge in [0.1, 0.15) is 5.75 Å². The lowest BCUT2D eigenvalue weighted by Crippen LogP contribution is -2.29. The molecule has 176 valence electrons. The number of rotatable bonds is 10. The van der Waals surface area contributed by atoms with Gasteiger partial charge >= 0.3 is 0 Å². The minimum atomic E-state index is -3.95. The van der Waals surface area contributed by atoms with Crippen molar-refractivity contribution in [1.82, 2.24) is 0 Å². The normalized spacial score (nSPS) is 14.5. The number of halogens is 1. The third-order valence-electron chi connectivity index (χ3n) is 4.74. The van der Waals surface area contributed by atoms with Crippen molar-refractivity contribution in [3.05, 3.63) is 48.0 Å². The molecular weight excluding hydrogens is 454 g/mol. The fourth-order valence-electron chi connectivity index (χ4n) is 3.09. The van der Waals surface area contributed by atoms with Crippen molar-refractivity contribution < 1.29 is 27.4 Å². The van der Waals surface area contributed by atoms with Gasteiger partial charge in [-0.15, -0.1) is 0 Å². The zero-order chi connectivity index (χ0) is 24.1. The van der Waals surface area contributed by atoms with E-state index in [9.17, 15) is 22.7 Å². The highest BCUT2D eigenvalue weighted by Crippen LogP contribution is 2.29. The van der Waals surface area contributed by atoms with Crippen LogP contribution < -0.4 is 14.8 Å².